The molecule has 2 aromatic rings. The van der Waals surface area contributed by atoms with Gasteiger partial charge in [0, 0.05) is 5.25 Å². The highest BCUT2D eigenvalue weighted by Crippen LogP contribution is 2.30. The van der Waals surface area contributed by atoms with Crippen molar-refractivity contribution >= 4 is 38.3 Å². The Kier molecular flexibility index (Phi) is 5.60. The molecule has 0 spiro atoms. The van der Waals surface area contributed by atoms with Crippen molar-refractivity contribution < 1.29 is 8.42 Å². The molecule has 0 unspecified atom stereocenters. The minimum absolute atomic E-state index is 0.0682. The quantitative estimate of drug-likeness (QED) is 0.780. The van der Waals surface area contributed by atoms with Gasteiger partial charge in [-0.05, 0) is 12.0 Å². The molecule has 1 aromatic carbocycles. The van der Waals surface area contributed by atoms with Crippen LogP contribution >= 0.6 is 23.1 Å². The van der Waals surface area contributed by atoms with Crippen molar-refractivity contribution in [3.8, 4) is 0 Å². The second kappa shape index (κ2) is 7.24. The third-order valence-corrected chi connectivity index (χ3v) is 6.26. The van der Waals surface area contributed by atoms with Crippen molar-refractivity contribution in [2.75, 3.05) is 4.72 Å². The van der Waals surface area contributed by atoms with Crippen LogP contribution in [0.25, 0.3) is 0 Å². The van der Waals surface area contributed by atoms with Crippen molar-refractivity contribution in [2.45, 2.75) is 35.6 Å². The summed E-state index contributed by atoms with van der Waals surface area (Å²) < 4.78 is 27.4. The van der Waals surface area contributed by atoms with Crippen LogP contribution in [0.1, 0.15) is 25.8 Å². The number of sulfonamides is 1. The van der Waals surface area contributed by atoms with E-state index in [0.717, 1.165) is 16.3 Å². The van der Waals surface area contributed by atoms with Gasteiger partial charge in [-0.1, -0.05) is 67.3 Å². The fourth-order valence-electron chi connectivity index (χ4n) is 1.52. The van der Waals surface area contributed by atoms with Crippen molar-refractivity contribution in [3.63, 3.8) is 0 Å². The van der Waals surface area contributed by atoms with Crippen LogP contribution in [0.15, 0.2) is 34.7 Å². The van der Waals surface area contributed by atoms with Gasteiger partial charge in [-0.3, -0.25) is 4.72 Å². The normalized spacial score (nSPS) is 13.0. The maximum Gasteiger partial charge on any atom is 0.238 e. The van der Waals surface area contributed by atoms with E-state index in [0.29, 0.717) is 10.4 Å². The molecule has 0 saturated heterocycles. The summed E-state index contributed by atoms with van der Waals surface area (Å²) in [4.78, 5) is 0. The van der Waals surface area contributed by atoms with Gasteiger partial charge in [0.25, 0.3) is 0 Å². The van der Waals surface area contributed by atoms with E-state index in [1.165, 1.54) is 11.3 Å². The first kappa shape index (κ1) is 16.3. The lowest BCUT2D eigenvalue weighted by Crippen LogP contribution is -2.14. The SMILES string of the molecule is CC[C@H](C)Sc1nnc(NS(=O)(=O)Cc2ccccc2)s1. The predicted octanol–water partition coefficient (Wildman–Crippen LogP) is 3.37. The highest BCUT2D eigenvalue weighted by Gasteiger charge is 2.15. The van der Waals surface area contributed by atoms with E-state index in [9.17, 15) is 8.42 Å². The highest BCUT2D eigenvalue weighted by molar-refractivity contribution is 8.01. The number of hydrogen-bond acceptors (Lipinski definition) is 6. The molecule has 8 heteroatoms. The molecule has 114 valence electrons. The van der Waals surface area contributed by atoms with Crippen molar-refractivity contribution in [2.24, 2.45) is 0 Å². The zero-order valence-electron chi connectivity index (χ0n) is 11.8. The number of hydrogen-bond donors (Lipinski definition) is 1. The first-order valence-electron chi connectivity index (χ1n) is 6.53. The summed E-state index contributed by atoms with van der Waals surface area (Å²) in [6.45, 7) is 4.20. The van der Waals surface area contributed by atoms with Crippen LogP contribution in [0.4, 0.5) is 5.13 Å². The number of anilines is 1. The Balaban J connectivity index is 2.00. The van der Waals surface area contributed by atoms with Crippen LogP contribution in [0, 0.1) is 0 Å². The van der Waals surface area contributed by atoms with Crippen LogP contribution in [0.5, 0.6) is 0 Å². The average Bonchev–Trinajstić information content (AvgIpc) is 2.85. The fourth-order valence-corrected chi connectivity index (χ4v) is 4.92. The highest BCUT2D eigenvalue weighted by atomic mass is 32.2. The van der Waals surface area contributed by atoms with Gasteiger partial charge < -0.3 is 0 Å². The van der Waals surface area contributed by atoms with Crippen molar-refractivity contribution in [1.82, 2.24) is 10.2 Å². The lowest BCUT2D eigenvalue weighted by molar-refractivity contribution is 0.600. The van der Waals surface area contributed by atoms with Gasteiger partial charge in [0.05, 0.1) is 5.75 Å². The topological polar surface area (TPSA) is 72.0 Å². The maximum atomic E-state index is 12.1. The molecular weight excluding hydrogens is 326 g/mol. The molecular formula is C13H17N3O2S3. The summed E-state index contributed by atoms with van der Waals surface area (Å²) in [6.07, 6.45) is 1.03. The molecule has 0 aliphatic rings. The van der Waals surface area contributed by atoms with Crippen molar-refractivity contribution in [3.05, 3.63) is 35.9 Å². The monoisotopic (exact) mass is 343 g/mol. The Bertz CT molecular complexity index is 671. The second-order valence-corrected chi connectivity index (χ2v) is 8.94. The number of benzene rings is 1. The summed E-state index contributed by atoms with van der Waals surface area (Å²) in [5, 5.41) is 8.64. The maximum absolute atomic E-state index is 12.1. The Hall–Kier alpha value is -1.12. The molecule has 21 heavy (non-hydrogen) atoms. The van der Waals surface area contributed by atoms with Gasteiger partial charge in [-0.25, -0.2) is 8.42 Å². The number of thioether (sulfide) groups is 1. The van der Waals surface area contributed by atoms with Gasteiger partial charge in [0.2, 0.25) is 15.2 Å². The smallest absolute Gasteiger partial charge is 0.238 e. The second-order valence-electron chi connectivity index (χ2n) is 4.56. The zero-order chi connectivity index (χ0) is 15.3. The molecule has 0 fully saturated rings. The Morgan fingerprint density at radius 1 is 1.29 bits per heavy atom. The van der Waals surface area contributed by atoms with Gasteiger partial charge >= 0.3 is 0 Å². The molecule has 1 heterocycles. The molecule has 1 N–H and O–H groups in total. The number of rotatable bonds is 7. The molecule has 0 saturated carbocycles. The average molecular weight is 343 g/mol. The van der Waals surface area contributed by atoms with E-state index in [-0.39, 0.29) is 5.75 Å². The van der Waals surface area contributed by atoms with E-state index >= 15 is 0 Å². The lowest BCUT2D eigenvalue weighted by Gasteiger charge is -2.04. The van der Waals surface area contributed by atoms with Gasteiger partial charge in [-0.2, -0.15) is 0 Å². The van der Waals surface area contributed by atoms with E-state index < -0.39 is 10.0 Å². The summed E-state index contributed by atoms with van der Waals surface area (Å²) in [5.41, 5.74) is 0.740. The molecule has 2 rings (SSSR count). The van der Waals surface area contributed by atoms with Crippen LogP contribution in [-0.2, 0) is 15.8 Å². The summed E-state index contributed by atoms with van der Waals surface area (Å²) in [6, 6.07) is 9.05. The van der Waals surface area contributed by atoms with E-state index in [1.807, 2.05) is 18.2 Å². The van der Waals surface area contributed by atoms with Crippen LogP contribution in [-0.4, -0.2) is 23.9 Å². The van der Waals surface area contributed by atoms with Gasteiger partial charge in [-0.15, -0.1) is 10.2 Å². The first-order chi connectivity index (χ1) is 9.98. The van der Waals surface area contributed by atoms with Crippen molar-refractivity contribution in [1.29, 1.82) is 0 Å². The summed E-state index contributed by atoms with van der Waals surface area (Å²) in [7, 11) is -3.46. The van der Waals surface area contributed by atoms with E-state index in [2.05, 4.69) is 28.8 Å². The third-order valence-electron chi connectivity index (χ3n) is 2.73. The molecule has 0 aliphatic carbocycles. The Morgan fingerprint density at radius 2 is 2.00 bits per heavy atom. The predicted molar refractivity (Wildman–Crippen MR) is 88.2 cm³/mol. The van der Waals surface area contributed by atoms with Gasteiger partial charge in [0.15, 0.2) is 4.34 Å². The largest absolute Gasteiger partial charge is 0.257 e. The lowest BCUT2D eigenvalue weighted by atomic mass is 10.2. The Labute approximate surface area is 133 Å². The van der Waals surface area contributed by atoms with E-state index in [1.54, 1.807) is 23.9 Å². The van der Waals surface area contributed by atoms with Crippen LogP contribution in [0.2, 0.25) is 0 Å². The number of nitrogens with one attached hydrogen (secondary N) is 1. The van der Waals surface area contributed by atoms with Crippen LogP contribution in [0.3, 0.4) is 0 Å². The minimum Gasteiger partial charge on any atom is -0.257 e. The molecule has 0 radical (unpaired) electrons. The summed E-state index contributed by atoms with van der Waals surface area (Å²) >= 11 is 2.87. The number of nitrogens with zero attached hydrogens (tertiary/aromatic N) is 2. The fraction of sp³-hybridized carbons (Fsp3) is 0.385. The first-order valence-corrected chi connectivity index (χ1v) is 9.88. The molecule has 1 aromatic heterocycles. The van der Waals surface area contributed by atoms with Gasteiger partial charge in [0.1, 0.15) is 0 Å². The summed E-state index contributed by atoms with van der Waals surface area (Å²) in [5.74, 6) is -0.0682. The molecule has 1 atom stereocenters. The number of aromatic nitrogens is 2. The Morgan fingerprint density at radius 3 is 2.67 bits per heavy atom. The molecule has 0 amide bonds. The van der Waals surface area contributed by atoms with Crippen LogP contribution < -0.4 is 4.72 Å². The molecule has 0 aliphatic heterocycles. The minimum atomic E-state index is -3.46. The van der Waals surface area contributed by atoms with E-state index in [4.69, 9.17) is 0 Å². The third kappa shape index (κ3) is 5.29. The molecule has 0 bridgehead atoms. The zero-order valence-corrected chi connectivity index (χ0v) is 14.3. The standard InChI is InChI=1S/C13H17N3O2S3/c1-3-10(2)19-13-15-14-12(20-13)16-21(17,18)9-11-7-5-4-6-8-11/h4-8,10H,3,9H2,1-2H3,(H,14,16)/t10-/m0/s1. The molecule has 5 nitrogen and oxygen atoms in total.